The van der Waals surface area contributed by atoms with Crippen LogP contribution in [0.5, 0.6) is 0 Å². The maximum absolute atomic E-state index is 6.11. The summed E-state index contributed by atoms with van der Waals surface area (Å²) < 4.78 is 0. The van der Waals surface area contributed by atoms with Crippen LogP contribution in [0.25, 0.3) is 10.9 Å². The van der Waals surface area contributed by atoms with Crippen LogP contribution in [0.1, 0.15) is 24.6 Å². The fourth-order valence-electron chi connectivity index (χ4n) is 1.66. The van der Waals surface area contributed by atoms with E-state index in [9.17, 15) is 0 Å². The first-order valence-electron chi connectivity index (χ1n) is 4.97. The molecule has 5 heteroatoms. The van der Waals surface area contributed by atoms with E-state index in [1.807, 2.05) is 0 Å². The van der Waals surface area contributed by atoms with Crippen molar-refractivity contribution >= 4 is 45.7 Å². The second kappa shape index (κ2) is 3.73. The molecule has 3 rings (SSSR count). The van der Waals surface area contributed by atoms with Gasteiger partial charge in [0, 0.05) is 16.3 Å². The van der Waals surface area contributed by atoms with E-state index >= 15 is 0 Å². The third kappa shape index (κ3) is 1.75. The molecule has 0 aliphatic heterocycles. The maximum Gasteiger partial charge on any atom is 0.140 e. The highest BCUT2D eigenvalue weighted by atomic mass is 35.5. The number of nitrogens with zero attached hydrogens (tertiary/aromatic N) is 2. The van der Waals surface area contributed by atoms with E-state index in [0.29, 0.717) is 32.0 Å². The Morgan fingerprint density at radius 2 is 1.81 bits per heavy atom. The standard InChI is InChI=1S/C11H7Cl3N2/c12-6-3-7-9(8(13)4-6)15-11(5-1-2-5)16-10(7)14/h3-5H,1-2H2. The molecule has 0 saturated heterocycles. The molecule has 1 aromatic carbocycles. The molecule has 1 heterocycles. The van der Waals surface area contributed by atoms with Gasteiger partial charge in [-0.15, -0.1) is 0 Å². The molecule has 1 fully saturated rings. The molecule has 0 radical (unpaired) electrons. The van der Waals surface area contributed by atoms with Gasteiger partial charge in [-0.25, -0.2) is 9.97 Å². The van der Waals surface area contributed by atoms with Crippen molar-refractivity contribution in [1.29, 1.82) is 0 Å². The van der Waals surface area contributed by atoms with Crippen LogP contribution in [0.15, 0.2) is 12.1 Å². The van der Waals surface area contributed by atoms with Crippen molar-refractivity contribution < 1.29 is 0 Å². The van der Waals surface area contributed by atoms with Gasteiger partial charge < -0.3 is 0 Å². The van der Waals surface area contributed by atoms with Crippen molar-refractivity contribution in [3.05, 3.63) is 33.2 Å². The largest absolute Gasteiger partial charge is 0.231 e. The third-order valence-electron chi connectivity index (χ3n) is 2.63. The number of benzene rings is 1. The molecule has 0 amide bonds. The molecule has 0 bridgehead atoms. The van der Waals surface area contributed by atoms with Crippen LogP contribution < -0.4 is 0 Å². The SMILES string of the molecule is Clc1cc(Cl)c2nc(C3CC3)nc(Cl)c2c1. The molecule has 0 spiro atoms. The second-order valence-corrected chi connectivity index (χ2v) is 5.13. The Kier molecular flexibility index (Phi) is 2.46. The Balaban J connectivity index is 2.32. The van der Waals surface area contributed by atoms with Gasteiger partial charge in [0.05, 0.1) is 10.5 Å². The number of halogens is 3. The summed E-state index contributed by atoms with van der Waals surface area (Å²) in [6.45, 7) is 0. The van der Waals surface area contributed by atoms with Crippen LogP contribution in [-0.4, -0.2) is 9.97 Å². The summed E-state index contributed by atoms with van der Waals surface area (Å²) in [6.07, 6.45) is 2.26. The monoisotopic (exact) mass is 272 g/mol. The number of rotatable bonds is 1. The molecule has 0 unspecified atom stereocenters. The Morgan fingerprint density at radius 3 is 2.50 bits per heavy atom. The molecule has 1 aliphatic rings. The van der Waals surface area contributed by atoms with Crippen LogP contribution >= 0.6 is 34.8 Å². The topological polar surface area (TPSA) is 25.8 Å². The molecular formula is C11H7Cl3N2. The third-order valence-corrected chi connectivity index (χ3v) is 3.43. The number of hydrogen-bond acceptors (Lipinski definition) is 2. The van der Waals surface area contributed by atoms with Crippen LogP contribution in [0.2, 0.25) is 15.2 Å². The Morgan fingerprint density at radius 1 is 1.06 bits per heavy atom. The molecule has 16 heavy (non-hydrogen) atoms. The van der Waals surface area contributed by atoms with E-state index in [0.717, 1.165) is 18.7 Å². The van der Waals surface area contributed by atoms with Gasteiger partial charge in [0.15, 0.2) is 0 Å². The van der Waals surface area contributed by atoms with Crippen molar-refractivity contribution in [2.45, 2.75) is 18.8 Å². The number of aromatic nitrogens is 2. The highest BCUT2D eigenvalue weighted by molar-refractivity contribution is 6.40. The maximum atomic E-state index is 6.11. The zero-order chi connectivity index (χ0) is 11.3. The molecule has 0 N–H and O–H groups in total. The van der Waals surface area contributed by atoms with Crippen molar-refractivity contribution in [3.63, 3.8) is 0 Å². The average Bonchev–Trinajstić information content (AvgIpc) is 3.02. The first-order chi connectivity index (χ1) is 7.65. The smallest absolute Gasteiger partial charge is 0.140 e. The van der Waals surface area contributed by atoms with E-state index in [2.05, 4.69) is 9.97 Å². The number of hydrogen-bond donors (Lipinski definition) is 0. The molecule has 0 atom stereocenters. The van der Waals surface area contributed by atoms with Gasteiger partial charge in [0.2, 0.25) is 0 Å². The minimum Gasteiger partial charge on any atom is -0.231 e. The lowest BCUT2D eigenvalue weighted by Gasteiger charge is -2.05. The van der Waals surface area contributed by atoms with Gasteiger partial charge >= 0.3 is 0 Å². The highest BCUT2D eigenvalue weighted by Crippen LogP contribution is 2.40. The van der Waals surface area contributed by atoms with Gasteiger partial charge in [-0.2, -0.15) is 0 Å². The quantitative estimate of drug-likeness (QED) is 0.717. The summed E-state index contributed by atoms with van der Waals surface area (Å²) in [5, 5.41) is 2.20. The summed E-state index contributed by atoms with van der Waals surface area (Å²) in [5.74, 6) is 1.25. The summed E-state index contributed by atoms with van der Waals surface area (Å²) in [6, 6.07) is 3.41. The van der Waals surface area contributed by atoms with Crippen LogP contribution in [0, 0.1) is 0 Å². The fourth-order valence-corrected chi connectivity index (χ4v) is 2.43. The molecule has 1 aromatic heterocycles. The van der Waals surface area contributed by atoms with Gasteiger partial charge in [-0.3, -0.25) is 0 Å². The van der Waals surface area contributed by atoms with E-state index in [1.165, 1.54) is 0 Å². The van der Waals surface area contributed by atoms with E-state index < -0.39 is 0 Å². The van der Waals surface area contributed by atoms with Crippen LogP contribution in [0.3, 0.4) is 0 Å². The van der Waals surface area contributed by atoms with E-state index in [1.54, 1.807) is 12.1 Å². The van der Waals surface area contributed by atoms with Gasteiger partial charge in [-0.05, 0) is 25.0 Å². The fraction of sp³-hybridized carbons (Fsp3) is 0.273. The molecular weight excluding hydrogens is 266 g/mol. The lowest BCUT2D eigenvalue weighted by Crippen LogP contribution is -1.95. The molecule has 2 nitrogen and oxygen atoms in total. The normalized spacial score (nSPS) is 15.7. The lowest BCUT2D eigenvalue weighted by atomic mass is 10.2. The van der Waals surface area contributed by atoms with Crippen molar-refractivity contribution in [3.8, 4) is 0 Å². The summed E-state index contributed by atoms with van der Waals surface area (Å²) in [4.78, 5) is 8.74. The first kappa shape index (κ1) is 10.6. The summed E-state index contributed by atoms with van der Waals surface area (Å²) in [7, 11) is 0. The minimum atomic E-state index is 0.427. The predicted octanol–water partition coefficient (Wildman–Crippen LogP) is 4.47. The molecule has 2 aromatic rings. The summed E-state index contributed by atoms with van der Waals surface area (Å²) >= 11 is 18.1. The zero-order valence-electron chi connectivity index (χ0n) is 8.17. The zero-order valence-corrected chi connectivity index (χ0v) is 10.4. The van der Waals surface area contributed by atoms with Gasteiger partial charge in [-0.1, -0.05) is 34.8 Å². The predicted molar refractivity (Wildman–Crippen MR) is 66.5 cm³/mol. The highest BCUT2D eigenvalue weighted by Gasteiger charge is 2.27. The summed E-state index contributed by atoms with van der Waals surface area (Å²) in [5.41, 5.74) is 0.688. The van der Waals surface area contributed by atoms with E-state index in [4.69, 9.17) is 34.8 Å². The lowest BCUT2D eigenvalue weighted by molar-refractivity contribution is 0.948. The molecule has 1 saturated carbocycles. The van der Waals surface area contributed by atoms with Gasteiger partial charge in [0.1, 0.15) is 11.0 Å². The Hall–Kier alpha value is -0.570. The van der Waals surface area contributed by atoms with Crippen molar-refractivity contribution in [1.82, 2.24) is 9.97 Å². The number of fused-ring (bicyclic) bond motifs is 1. The minimum absolute atomic E-state index is 0.427. The molecule has 82 valence electrons. The van der Waals surface area contributed by atoms with E-state index in [-0.39, 0.29) is 0 Å². The molecule has 1 aliphatic carbocycles. The second-order valence-electron chi connectivity index (χ2n) is 3.93. The first-order valence-corrected chi connectivity index (χ1v) is 6.11. The Labute approximate surface area is 108 Å². The van der Waals surface area contributed by atoms with Gasteiger partial charge in [0.25, 0.3) is 0 Å². The Bertz CT molecular complexity index is 579. The van der Waals surface area contributed by atoms with Crippen molar-refractivity contribution in [2.75, 3.05) is 0 Å². The average molecular weight is 274 g/mol. The van der Waals surface area contributed by atoms with Crippen molar-refractivity contribution in [2.24, 2.45) is 0 Å². The van der Waals surface area contributed by atoms with Crippen LogP contribution in [0.4, 0.5) is 0 Å². The van der Waals surface area contributed by atoms with Crippen LogP contribution in [-0.2, 0) is 0 Å².